The van der Waals surface area contributed by atoms with Gasteiger partial charge in [0.25, 0.3) is 5.56 Å². The van der Waals surface area contributed by atoms with Gasteiger partial charge in [0.2, 0.25) is 5.95 Å². The normalized spacial score (nSPS) is 11.8. The molecular weight excluding hydrogens is 433 g/mol. The minimum Gasteiger partial charge on any atom is -0.496 e. The Morgan fingerprint density at radius 3 is 2.47 bits per heavy atom. The predicted molar refractivity (Wildman–Crippen MR) is 131 cm³/mol. The lowest BCUT2D eigenvalue weighted by atomic mass is 10.0. The fourth-order valence-electron chi connectivity index (χ4n) is 3.82. The minimum atomic E-state index is -0.372. The Hall–Kier alpha value is -4.04. The highest BCUT2D eigenvalue weighted by molar-refractivity contribution is 5.80. The molecule has 2 aromatic heterocycles. The van der Waals surface area contributed by atoms with Crippen molar-refractivity contribution in [2.75, 3.05) is 19.0 Å². The summed E-state index contributed by atoms with van der Waals surface area (Å²) in [6.07, 6.45) is 3.88. The average molecular weight is 460 g/mol. The molecule has 174 valence electrons. The molecule has 0 aliphatic heterocycles. The van der Waals surface area contributed by atoms with Crippen molar-refractivity contribution in [3.8, 4) is 28.1 Å². The number of methoxy groups -OCH3 is 1. The molecule has 7 nitrogen and oxygen atoms in total. The molecular formula is C26H26FN5O2. The summed E-state index contributed by atoms with van der Waals surface area (Å²) in [5, 5.41) is 3.25. The van der Waals surface area contributed by atoms with Crippen molar-refractivity contribution in [2.45, 2.75) is 12.5 Å². The Labute approximate surface area is 197 Å². The molecule has 0 fully saturated rings. The monoisotopic (exact) mass is 459 g/mol. The topological polar surface area (TPSA) is 95.1 Å². The fraction of sp³-hybridized carbons (Fsp3) is 0.192. The molecule has 1 unspecified atom stereocenters. The van der Waals surface area contributed by atoms with Gasteiger partial charge >= 0.3 is 0 Å². The van der Waals surface area contributed by atoms with Crippen LogP contribution in [0.15, 0.2) is 77.9 Å². The van der Waals surface area contributed by atoms with Crippen LogP contribution in [0.1, 0.15) is 18.0 Å². The quantitative estimate of drug-likeness (QED) is 0.411. The first-order chi connectivity index (χ1) is 16.5. The van der Waals surface area contributed by atoms with Gasteiger partial charge in [0.05, 0.1) is 18.4 Å². The Morgan fingerprint density at radius 1 is 1.06 bits per heavy atom. The molecule has 2 aromatic carbocycles. The maximum Gasteiger partial charge on any atom is 0.263 e. The van der Waals surface area contributed by atoms with Crippen LogP contribution in [-0.2, 0) is 7.05 Å². The molecule has 0 radical (unpaired) electrons. The zero-order valence-electron chi connectivity index (χ0n) is 19.0. The number of nitrogens with one attached hydrogen (secondary N) is 1. The van der Waals surface area contributed by atoms with Crippen LogP contribution in [0.4, 0.5) is 10.3 Å². The van der Waals surface area contributed by atoms with Gasteiger partial charge in [-0.3, -0.25) is 14.3 Å². The van der Waals surface area contributed by atoms with Gasteiger partial charge in [0, 0.05) is 43.2 Å². The number of anilines is 1. The third kappa shape index (κ3) is 4.82. The molecule has 0 saturated heterocycles. The van der Waals surface area contributed by atoms with E-state index in [9.17, 15) is 9.18 Å². The van der Waals surface area contributed by atoms with E-state index in [4.69, 9.17) is 15.5 Å². The van der Waals surface area contributed by atoms with Gasteiger partial charge in [-0.2, -0.15) is 0 Å². The van der Waals surface area contributed by atoms with E-state index in [1.165, 1.54) is 16.7 Å². The van der Waals surface area contributed by atoms with Crippen molar-refractivity contribution in [2.24, 2.45) is 12.8 Å². The molecule has 4 rings (SSSR count). The largest absolute Gasteiger partial charge is 0.496 e. The lowest BCUT2D eigenvalue weighted by Gasteiger charge is -2.18. The van der Waals surface area contributed by atoms with Crippen molar-refractivity contribution in [3.63, 3.8) is 0 Å². The van der Waals surface area contributed by atoms with Gasteiger partial charge in [-0.25, -0.2) is 9.37 Å². The summed E-state index contributed by atoms with van der Waals surface area (Å²) in [7, 11) is 3.27. The number of hydrogen-bond donors (Lipinski definition) is 2. The first kappa shape index (κ1) is 23.1. The van der Waals surface area contributed by atoms with Gasteiger partial charge < -0.3 is 15.8 Å². The van der Waals surface area contributed by atoms with E-state index in [1.54, 1.807) is 50.8 Å². The molecule has 4 aromatic rings. The Bertz CT molecular complexity index is 1320. The number of para-hydroxylation sites is 1. The first-order valence-electron chi connectivity index (χ1n) is 10.9. The lowest BCUT2D eigenvalue weighted by molar-refractivity contribution is 0.404. The van der Waals surface area contributed by atoms with E-state index >= 15 is 0 Å². The third-order valence-electron chi connectivity index (χ3n) is 5.65. The van der Waals surface area contributed by atoms with E-state index in [0.717, 1.165) is 16.9 Å². The standard InChI is InChI=1S/C26H26FN5O2/c1-32-25(33)23(17-7-9-19(27)10-8-17)24(18-11-14-29-15-12-18)31-26(32)30-16-13-21(28)20-5-3-4-6-22(20)34-2/h3-12,14-15,21H,13,16,28H2,1-2H3,(H,30,31). The van der Waals surface area contributed by atoms with Crippen molar-refractivity contribution in [3.05, 3.63) is 94.8 Å². The van der Waals surface area contributed by atoms with Crippen molar-refractivity contribution in [1.29, 1.82) is 0 Å². The second kappa shape index (κ2) is 10.3. The van der Waals surface area contributed by atoms with Gasteiger partial charge in [-0.05, 0) is 42.3 Å². The third-order valence-corrected chi connectivity index (χ3v) is 5.65. The molecule has 34 heavy (non-hydrogen) atoms. The SMILES string of the molecule is COc1ccccc1C(N)CCNc1nc(-c2ccncc2)c(-c2ccc(F)cc2)c(=O)n1C. The summed E-state index contributed by atoms with van der Waals surface area (Å²) in [5.41, 5.74) is 9.27. The number of nitrogens with two attached hydrogens (primary N) is 1. The van der Waals surface area contributed by atoms with Crippen LogP contribution in [0.3, 0.4) is 0 Å². The molecule has 0 aliphatic rings. The zero-order valence-corrected chi connectivity index (χ0v) is 19.0. The second-order valence-electron chi connectivity index (χ2n) is 7.83. The summed E-state index contributed by atoms with van der Waals surface area (Å²) < 4.78 is 20.4. The summed E-state index contributed by atoms with van der Waals surface area (Å²) >= 11 is 0. The predicted octanol–water partition coefficient (Wildman–Crippen LogP) is 4.16. The van der Waals surface area contributed by atoms with E-state index < -0.39 is 0 Å². The van der Waals surface area contributed by atoms with Crippen LogP contribution >= 0.6 is 0 Å². The van der Waals surface area contributed by atoms with Crippen LogP contribution in [0, 0.1) is 5.82 Å². The lowest BCUT2D eigenvalue weighted by Crippen LogP contribution is -2.26. The Kier molecular flexibility index (Phi) is 6.98. The van der Waals surface area contributed by atoms with Gasteiger partial charge in [-0.15, -0.1) is 0 Å². The summed E-state index contributed by atoms with van der Waals surface area (Å²) in [4.78, 5) is 22.2. The number of benzene rings is 2. The highest BCUT2D eigenvalue weighted by Gasteiger charge is 2.19. The first-order valence-corrected chi connectivity index (χ1v) is 10.9. The molecule has 2 heterocycles. The van der Waals surface area contributed by atoms with Crippen molar-refractivity contribution >= 4 is 5.95 Å². The van der Waals surface area contributed by atoms with Gasteiger partial charge in [-0.1, -0.05) is 30.3 Å². The van der Waals surface area contributed by atoms with Crippen molar-refractivity contribution < 1.29 is 9.13 Å². The smallest absolute Gasteiger partial charge is 0.263 e. The maximum absolute atomic E-state index is 13.5. The van der Waals surface area contributed by atoms with E-state index in [0.29, 0.717) is 35.7 Å². The van der Waals surface area contributed by atoms with E-state index in [2.05, 4.69) is 10.3 Å². The maximum atomic E-state index is 13.5. The molecule has 0 saturated carbocycles. The van der Waals surface area contributed by atoms with Crippen LogP contribution in [0.25, 0.3) is 22.4 Å². The molecule has 3 N–H and O–H groups in total. The molecule has 8 heteroatoms. The van der Waals surface area contributed by atoms with Crippen LogP contribution in [0.2, 0.25) is 0 Å². The number of rotatable bonds is 8. The number of pyridine rings is 1. The van der Waals surface area contributed by atoms with Crippen LogP contribution in [0.5, 0.6) is 5.75 Å². The number of aromatic nitrogens is 3. The molecule has 0 amide bonds. The van der Waals surface area contributed by atoms with Crippen LogP contribution < -0.4 is 21.3 Å². The molecule has 0 aliphatic carbocycles. The fourth-order valence-corrected chi connectivity index (χ4v) is 3.82. The van der Waals surface area contributed by atoms with Crippen molar-refractivity contribution in [1.82, 2.24) is 14.5 Å². The molecule has 0 bridgehead atoms. The summed E-state index contributed by atoms with van der Waals surface area (Å²) in [6.45, 7) is 0.491. The van der Waals surface area contributed by atoms with E-state index in [-0.39, 0.29) is 17.4 Å². The number of ether oxygens (including phenoxy) is 1. The average Bonchev–Trinajstić information content (AvgIpc) is 2.87. The van der Waals surface area contributed by atoms with Gasteiger partial charge in [0.1, 0.15) is 11.6 Å². The number of hydrogen-bond acceptors (Lipinski definition) is 6. The Balaban J connectivity index is 1.65. The summed E-state index contributed by atoms with van der Waals surface area (Å²) in [6, 6.07) is 16.8. The number of halogens is 1. The minimum absolute atomic E-state index is 0.245. The summed E-state index contributed by atoms with van der Waals surface area (Å²) in [5.74, 6) is 0.780. The highest BCUT2D eigenvalue weighted by atomic mass is 19.1. The molecule has 1 atom stereocenters. The molecule has 0 spiro atoms. The zero-order chi connectivity index (χ0) is 24.1. The second-order valence-corrected chi connectivity index (χ2v) is 7.83. The Morgan fingerprint density at radius 2 is 1.76 bits per heavy atom. The number of nitrogens with zero attached hydrogens (tertiary/aromatic N) is 3. The van der Waals surface area contributed by atoms with Crippen LogP contribution in [-0.4, -0.2) is 28.2 Å². The van der Waals surface area contributed by atoms with Gasteiger partial charge in [0.15, 0.2) is 0 Å². The highest BCUT2D eigenvalue weighted by Crippen LogP contribution is 2.29. The van der Waals surface area contributed by atoms with E-state index in [1.807, 2.05) is 24.3 Å².